The van der Waals surface area contributed by atoms with Crippen LogP contribution in [-0.2, 0) is 16.0 Å². The van der Waals surface area contributed by atoms with Crippen molar-refractivity contribution in [2.24, 2.45) is 11.3 Å². The van der Waals surface area contributed by atoms with E-state index in [2.05, 4.69) is 0 Å². The van der Waals surface area contributed by atoms with E-state index in [0.717, 1.165) is 12.3 Å². The van der Waals surface area contributed by atoms with Gasteiger partial charge in [-0.2, -0.15) is 0 Å². The van der Waals surface area contributed by atoms with E-state index in [0.29, 0.717) is 23.0 Å². The zero-order chi connectivity index (χ0) is 16.4. The Kier molecular flexibility index (Phi) is 4.65. The molecule has 2 fully saturated rings. The summed E-state index contributed by atoms with van der Waals surface area (Å²) in [5.41, 5.74) is 1.48. The van der Waals surface area contributed by atoms with E-state index in [1.165, 1.54) is 44.6 Å². The van der Waals surface area contributed by atoms with Crippen molar-refractivity contribution in [3.05, 3.63) is 35.1 Å². The molecular formula is C20H25FO2. The smallest absolute Gasteiger partial charge is 0.202 e. The average molecular weight is 316 g/mol. The van der Waals surface area contributed by atoms with Crippen molar-refractivity contribution in [3.63, 3.8) is 0 Å². The minimum absolute atomic E-state index is 0.0203. The zero-order valence-electron chi connectivity index (χ0n) is 13.9. The summed E-state index contributed by atoms with van der Waals surface area (Å²) in [7, 11) is 0. The molecule has 1 aromatic rings. The Morgan fingerprint density at radius 1 is 1.17 bits per heavy atom. The van der Waals surface area contributed by atoms with E-state index in [1.54, 1.807) is 19.1 Å². The van der Waals surface area contributed by atoms with Crippen LogP contribution in [-0.4, -0.2) is 11.6 Å². The number of ketones is 2. The van der Waals surface area contributed by atoms with Crippen LogP contribution in [0, 0.1) is 24.1 Å². The van der Waals surface area contributed by atoms with E-state index >= 15 is 0 Å². The SMILES string of the molecule is Cc1ccc(CC(=O)C(=O)CCC23CCCC2CCC3)cc1F. The molecule has 3 rings (SSSR count). The van der Waals surface area contributed by atoms with Crippen molar-refractivity contribution < 1.29 is 14.0 Å². The summed E-state index contributed by atoms with van der Waals surface area (Å²) in [6.07, 6.45) is 8.84. The van der Waals surface area contributed by atoms with Gasteiger partial charge in [-0.1, -0.05) is 25.0 Å². The van der Waals surface area contributed by atoms with Gasteiger partial charge < -0.3 is 0 Å². The van der Waals surface area contributed by atoms with Crippen molar-refractivity contribution in [3.8, 4) is 0 Å². The molecule has 0 radical (unpaired) electrons. The topological polar surface area (TPSA) is 34.1 Å². The van der Waals surface area contributed by atoms with Crippen LogP contribution < -0.4 is 0 Å². The monoisotopic (exact) mass is 316 g/mol. The molecule has 0 aromatic heterocycles. The van der Waals surface area contributed by atoms with Crippen LogP contribution in [0.4, 0.5) is 4.39 Å². The third-order valence-electron chi connectivity index (χ3n) is 6.08. The van der Waals surface area contributed by atoms with Crippen LogP contribution >= 0.6 is 0 Å². The molecule has 3 heteroatoms. The van der Waals surface area contributed by atoms with Crippen LogP contribution in [0.2, 0.25) is 0 Å². The van der Waals surface area contributed by atoms with Gasteiger partial charge in [-0.3, -0.25) is 9.59 Å². The summed E-state index contributed by atoms with van der Waals surface area (Å²) in [6.45, 7) is 1.69. The molecule has 2 aliphatic carbocycles. The normalized spacial score (nSPS) is 26.3. The summed E-state index contributed by atoms with van der Waals surface area (Å²) in [5.74, 6) is -0.201. The number of hydrogen-bond acceptors (Lipinski definition) is 2. The van der Waals surface area contributed by atoms with Gasteiger partial charge in [-0.25, -0.2) is 4.39 Å². The molecule has 1 aromatic carbocycles. The molecule has 0 spiro atoms. The predicted octanol–water partition coefficient (Wildman–Crippen LogP) is 4.57. The van der Waals surface area contributed by atoms with Gasteiger partial charge in [0.15, 0.2) is 5.78 Å². The van der Waals surface area contributed by atoms with Crippen LogP contribution in [0.15, 0.2) is 18.2 Å². The fraction of sp³-hybridized carbons (Fsp3) is 0.600. The highest BCUT2D eigenvalue weighted by Crippen LogP contribution is 2.56. The number of hydrogen-bond donors (Lipinski definition) is 0. The molecular weight excluding hydrogens is 291 g/mol. The first-order valence-electron chi connectivity index (χ1n) is 8.81. The maximum Gasteiger partial charge on any atom is 0.202 e. The number of fused-ring (bicyclic) bond motifs is 1. The molecule has 0 atom stereocenters. The third kappa shape index (κ3) is 3.39. The second-order valence-electron chi connectivity index (χ2n) is 7.45. The summed E-state index contributed by atoms with van der Waals surface area (Å²) in [6, 6.07) is 4.75. The van der Waals surface area contributed by atoms with Crippen molar-refractivity contribution in [2.45, 2.75) is 64.7 Å². The number of carbonyl (C=O) groups excluding carboxylic acids is 2. The molecule has 0 saturated heterocycles. The van der Waals surface area contributed by atoms with Gasteiger partial charge in [-0.05, 0) is 67.6 Å². The predicted molar refractivity (Wildman–Crippen MR) is 87.7 cm³/mol. The van der Waals surface area contributed by atoms with Gasteiger partial charge in [0.25, 0.3) is 0 Å². The molecule has 0 aliphatic heterocycles. The first-order chi connectivity index (χ1) is 11.0. The number of rotatable bonds is 6. The van der Waals surface area contributed by atoms with Crippen LogP contribution in [0.25, 0.3) is 0 Å². The summed E-state index contributed by atoms with van der Waals surface area (Å²) >= 11 is 0. The molecule has 0 N–H and O–H groups in total. The quantitative estimate of drug-likeness (QED) is 0.721. The Balaban J connectivity index is 1.55. The molecule has 0 heterocycles. The standard InChI is InChI=1S/C20H25FO2/c1-14-6-7-15(12-17(14)21)13-19(23)18(22)8-11-20-9-2-4-16(20)5-3-10-20/h6-7,12,16H,2-5,8-11,13H2,1H3. The van der Waals surface area contributed by atoms with E-state index in [9.17, 15) is 14.0 Å². The molecule has 23 heavy (non-hydrogen) atoms. The maximum atomic E-state index is 13.5. The van der Waals surface area contributed by atoms with E-state index in [-0.39, 0.29) is 23.8 Å². The second kappa shape index (κ2) is 6.54. The number of benzene rings is 1. The Morgan fingerprint density at radius 3 is 2.52 bits per heavy atom. The largest absolute Gasteiger partial charge is 0.291 e. The summed E-state index contributed by atoms with van der Waals surface area (Å²) < 4.78 is 13.5. The number of Topliss-reactive ketones (excluding diaryl/α,β-unsaturated/α-hetero) is 2. The molecule has 0 amide bonds. The molecule has 2 saturated carbocycles. The highest BCUT2D eigenvalue weighted by Gasteiger charge is 2.45. The van der Waals surface area contributed by atoms with Crippen LogP contribution in [0.5, 0.6) is 0 Å². The highest BCUT2D eigenvalue weighted by atomic mass is 19.1. The highest BCUT2D eigenvalue weighted by molar-refractivity contribution is 6.37. The van der Waals surface area contributed by atoms with E-state index < -0.39 is 0 Å². The second-order valence-corrected chi connectivity index (χ2v) is 7.45. The minimum atomic E-state index is -0.378. The third-order valence-corrected chi connectivity index (χ3v) is 6.08. The van der Waals surface area contributed by atoms with Gasteiger partial charge >= 0.3 is 0 Å². The summed E-state index contributed by atoms with van der Waals surface area (Å²) in [4.78, 5) is 24.3. The lowest BCUT2D eigenvalue weighted by Gasteiger charge is -2.29. The lowest BCUT2D eigenvalue weighted by molar-refractivity contribution is -0.136. The van der Waals surface area contributed by atoms with Gasteiger partial charge in [0.2, 0.25) is 5.78 Å². The zero-order valence-corrected chi connectivity index (χ0v) is 13.9. The van der Waals surface area contributed by atoms with E-state index in [1.807, 2.05) is 0 Å². The lowest BCUT2D eigenvalue weighted by atomic mass is 9.76. The number of carbonyl (C=O) groups is 2. The molecule has 2 nitrogen and oxygen atoms in total. The molecule has 0 bridgehead atoms. The van der Waals surface area contributed by atoms with Gasteiger partial charge in [0, 0.05) is 12.8 Å². The van der Waals surface area contributed by atoms with Crippen molar-refractivity contribution in [2.75, 3.05) is 0 Å². The average Bonchev–Trinajstić information content (AvgIpc) is 3.08. The van der Waals surface area contributed by atoms with Crippen molar-refractivity contribution in [1.29, 1.82) is 0 Å². The van der Waals surface area contributed by atoms with Crippen LogP contribution in [0.1, 0.15) is 62.5 Å². The van der Waals surface area contributed by atoms with E-state index in [4.69, 9.17) is 0 Å². The van der Waals surface area contributed by atoms with Gasteiger partial charge in [0.1, 0.15) is 5.82 Å². The molecule has 2 aliphatic rings. The lowest BCUT2D eigenvalue weighted by Crippen LogP contribution is -2.24. The maximum absolute atomic E-state index is 13.5. The molecule has 124 valence electrons. The Hall–Kier alpha value is -1.51. The Morgan fingerprint density at radius 2 is 1.87 bits per heavy atom. The fourth-order valence-electron chi connectivity index (χ4n) is 4.68. The van der Waals surface area contributed by atoms with Crippen molar-refractivity contribution in [1.82, 2.24) is 0 Å². The first-order valence-corrected chi connectivity index (χ1v) is 8.81. The summed E-state index contributed by atoms with van der Waals surface area (Å²) in [5, 5.41) is 0. The minimum Gasteiger partial charge on any atom is -0.291 e. The Bertz CT molecular complexity index is 610. The van der Waals surface area contributed by atoms with Gasteiger partial charge in [-0.15, -0.1) is 0 Å². The number of halogens is 1. The molecule has 0 unspecified atom stereocenters. The van der Waals surface area contributed by atoms with Gasteiger partial charge in [0.05, 0.1) is 0 Å². The number of aryl methyl sites for hydroxylation is 1. The fourth-order valence-corrected chi connectivity index (χ4v) is 4.68. The first kappa shape index (κ1) is 16.4. The van der Waals surface area contributed by atoms with Crippen molar-refractivity contribution >= 4 is 11.6 Å². The Labute approximate surface area is 137 Å². The van der Waals surface area contributed by atoms with Crippen LogP contribution in [0.3, 0.4) is 0 Å².